The third kappa shape index (κ3) is 5.43. The van der Waals surface area contributed by atoms with Crippen LogP contribution < -0.4 is 15.0 Å². The van der Waals surface area contributed by atoms with E-state index >= 15 is 0 Å². The molecular weight excluding hydrogens is 431 g/mol. The lowest BCUT2D eigenvalue weighted by Crippen LogP contribution is -2.28. The second-order valence-electron chi connectivity index (χ2n) is 6.61. The van der Waals surface area contributed by atoms with E-state index < -0.39 is 24.4 Å². The molecule has 0 aliphatic carbocycles. The Kier molecular flexibility index (Phi) is 7.18. The Hall–Kier alpha value is -2.77. The molecule has 0 spiro atoms. The van der Waals surface area contributed by atoms with Crippen molar-refractivity contribution in [3.63, 3.8) is 0 Å². The number of benzene rings is 2. The van der Waals surface area contributed by atoms with Crippen molar-refractivity contribution in [2.24, 2.45) is 5.92 Å². The Morgan fingerprint density at radius 1 is 1.17 bits per heavy atom. The number of nitrogens with zero attached hydrogens (tertiary/aromatic N) is 1. The summed E-state index contributed by atoms with van der Waals surface area (Å²) in [7, 11) is 0. The highest BCUT2D eigenvalue weighted by Crippen LogP contribution is 2.33. The van der Waals surface area contributed by atoms with Crippen LogP contribution in [0, 0.1) is 5.92 Å². The fourth-order valence-corrected chi connectivity index (χ4v) is 3.43. The van der Waals surface area contributed by atoms with Gasteiger partial charge < -0.3 is 19.7 Å². The second-order valence-corrected chi connectivity index (χ2v) is 7.46. The molecule has 0 radical (unpaired) electrons. The minimum Gasteiger partial charge on any atom is -0.494 e. The zero-order chi connectivity index (χ0) is 21.7. The lowest BCUT2D eigenvalue weighted by Gasteiger charge is -2.18. The van der Waals surface area contributed by atoms with E-state index in [0.29, 0.717) is 33.8 Å². The number of hydrogen-bond donors (Lipinski definition) is 1. The molecule has 1 aliphatic heterocycles. The summed E-state index contributed by atoms with van der Waals surface area (Å²) < 4.78 is 10.4. The van der Waals surface area contributed by atoms with Crippen molar-refractivity contribution in [3.8, 4) is 5.75 Å². The summed E-state index contributed by atoms with van der Waals surface area (Å²) in [5.74, 6) is -1.36. The van der Waals surface area contributed by atoms with Crippen LogP contribution >= 0.6 is 23.2 Å². The van der Waals surface area contributed by atoms with Crippen molar-refractivity contribution >= 4 is 52.4 Å². The maximum atomic E-state index is 12.3. The first-order valence-corrected chi connectivity index (χ1v) is 10.1. The fraction of sp³-hybridized carbons (Fsp3) is 0.286. The van der Waals surface area contributed by atoms with Crippen molar-refractivity contribution in [2.45, 2.75) is 13.3 Å². The van der Waals surface area contributed by atoms with Crippen LogP contribution in [-0.2, 0) is 19.1 Å². The summed E-state index contributed by atoms with van der Waals surface area (Å²) in [6, 6.07) is 11.6. The zero-order valence-electron chi connectivity index (χ0n) is 16.2. The highest BCUT2D eigenvalue weighted by Gasteiger charge is 2.37. The van der Waals surface area contributed by atoms with E-state index in [1.54, 1.807) is 42.5 Å². The van der Waals surface area contributed by atoms with E-state index in [0.717, 1.165) is 0 Å². The molecule has 1 N–H and O–H groups in total. The summed E-state index contributed by atoms with van der Waals surface area (Å²) in [6.45, 7) is 2.09. The van der Waals surface area contributed by atoms with E-state index in [1.165, 1.54) is 4.90 Å². The van der Waals surface area contributed by atoms with E-state index in [-0.39, 0.29) is 18.9 Å². The van der Waals surface area contributed by atoms with Crippen LogP contribution in [0.4, 0.5) is 11.4 Å². The van der Waals surface area contributed by atoms with Crippen LogP contribution in [0.15, 0.2) is 42.5 Å². The first-order chi connectivity index (χ1) is 14.4. The maximum absolute atomic E-state index is 12.3. The molecule has 2 aromatic rings. The lowest BCUT2D eigenvalue weighted by molar-refractivity contribution is -0.151. The molecule has 0 unspecified atom stereocenters. The van der Waals surface area contributed by atoms with Gasteiger partial charge >= 0.3 is 5.97 Å². The number of halogens is 2. The quantitative estimate of drug-likeness (QED) is 0.645. The molecule has 1 atom stereocenters. The fourth-order valence-electron chi connectivity index (χ4n) is 3.04. The first-order valence-electron chi connectivity index (χ1n) is 9.32. The van der Waals surface area contributed by atoms with Gasteiger partial charge in [0.2, 0.25) is 5.91 Å². The maximum Gasteiger partial charge on any atom is 0.311 e. The normalized spacial score (nSPS) is 15.8. The Balaban J connectivity index is 1.52. The molecule has 30 heavy (non-hydrogen) atoms. The Labute approximate surface area is 183 Å². The molecule has 9 heteroatoms. The van der Waals surface area contributed by atoms with E-state index in [4.69, 9.17) is 32.7 Å². The third-order valence-corrected chi connectivity index (χ3v) is 5.01. The molecule has 3 rings (SSSR count). The predicted molar refractivity (Wildman–Crippen MR) is 114 cm³/mol. The van der Waals surface area contributed by atoms with Gasteiger partial charge in [-0.1, -0.05) is 23.2 Å². The smallest absolute Gasteiger partial charge is 0.311 e. The van der Waals surface area contributed by atoms with Gasteiger partial charge in [-0.3, -0.25) is 14.4 Å². The topological polar surface area (TPSA) is 84.9 Å². The van der Waals surface area contributed by atoms with Crippen molar-refractivity contribution < 1.29 is 23.9 Å². The van der Waals surface area contributed by atoms with Crippen LogP contribution in [0.25, 0.3) is 0 Å². The standard InChI is InChI=1S/C21H20Cl2N2O5/c1-2-29-16-6-4-15(5-7-16)24-19(26)12-30-21(28)13-9-20(27)25(11-13)18-10-14(22)3-8-17(18)23/h3-8,10,13H,2,9,11-12H2,1H3,(H,24,26)/t13-/m0/s1. The van der Waals surface area contributed by atoms with Gasteiger partial charge in [0.05, 0.1) is 23.2 Å². The number of rotatable bonds is 7. The van der Waals surface area contributed by atoms with Gasteiger partial charge in [0, 0.05) is 23.7 Å². The summed E-state index contributed by atoms with van der Waals surface area (Å²) >= 11 is 12.1. The number of hydrogen-bond acceptors (Lipinski definition) is 5. The molecule has 158 valence electrons. The summed E-state index contributed by atoms with van der Waals surface area (Å²) in [5.41, 5.74) is 0.995. The van der Waals surface area contributed by atoms with Crippen LogP contribution in [0.2, 0.25) is 10.0 Å². The molecule has 0 saturated carbocycles. The number of anilines is 2. The van der Waals surface area contributed by atoms with Crippen LogP contribution in [0.3, 0.4) is 0 Å². The van der Waals surface area contributed by atoms with Crippen molar-refractivity contribution in [2.75, 3.05) is 30.0 Å². The Morgan fingerprint density at radius 2 is 1.90 bits per heavy atom. The van der Waals surface area contributed by atoms with Crippen LogP contribution in [0.1, 0.15) is 13.3 Å². The Morgan fingerprint density at radius 3 is 2.60 bits per heavy atom. The predicted octanol–water partition coefficient (Wildman–Crippen LogP) is 3.93. The molecule has 1 aliphatic rings. The number of nitrogens with one attached hydrogen (secondary N) is 1. The number of amides is 2. The molecule has 0 aromatic heterocycles. The van der Waals surface area contributed by atoms with Gasteiger partial charge in [0.25, 0.3) is 5.91 Å². The molecular formula is C21H20Cl2N2O5. The highest BCUT2D eigenvalue weighted by molar-refractivity contribution is 6.35. The van der Waals surface area contributed by atoms with Gasteiger partial charge in [-0.2, -0.15) is 0 Å². The summed E-state index contributed by atoms with van der Waals surface area (Å²) in [6.07, 6.45) is -0.0256. The summed E-state index contributed by atoms with van der Waals surface area (Å²) in [4.78, 5) is 38.1. The zero-order valence-corrected chi connectivity index (χ0v) is 17.7. The van der Waals surface area contributed by atoms with Gasteiger partial charge in [-0.15, -0.1) is 0 Å². The minimum absolute atomic E-state index is 0.0256. The molecule has 1 saturated heterocycles. The van der Waals surface area contributed by atoms with Crippen LogP contribution in [0.5, 0.6) is 5.75 Å². The van der Waals surface area contributed by atoms with Crippen LogP contribution in [-0.4, -0.2) is 37.5 Å². The minimum atomic E-state index is -0.689. The molecule has 2 amide bonds. The number of carbonyl (C=O) groups excluding carboxylic acids is 3. The lowest BCUT2D eigenvalue weighted by atomic mass is 10.1. The van der Waals surface area contributed by atoms with Gasteiger partial charge in [0.1, 0.15) is 5.75 Å². The average Bonchev–Trinajstić information content (AvgIpc) is 3.11. The average molecular weight is 451 g/mol. The monoisotopic (exact) mass is 450 g/mol. The van der Waals surface area contributed by atoms with Gasteiger partial charge in [0.15, 0.2) is 6.61 Å². The van der Waals surface area contributed by atoms with E-state index in [2.05, 4.69) is 5.32 Å². The van der Waals surface area contributed by atoms with Crippen molar-refractivity contribution in [3.05, 3.63) is 52.5 Å². The van der Waals surface area contributed by atoms with Crippen molar-refractivity contribution in [1.29, 1.82) is 0 Å². The highest BCUT2D eigenvalue weighted by atomic mass is 35.5. The molecule has 0 bridgehead atoms. The summed E-state index contributed by atoms with van der Waals surface area (Å²) in [5, 5.41) is 3.42. The first kappa shape index (κ1) is 21.9. The largest absolute Gasteiger partial charge is 0.494 e. The molecule has 7 nitrogen and oxygen atoms in total. The number of ether oxygens (including phenoxy) is 2. The number of carbonyl (C=O) groups is 3. The van der Waals surface area contributed by atoms with E-state index in [1.807, 2.05) is 6.92 Å². The molecule has 1 fully saturated rings. The van der Waals surface area contributed by atoms with E-state index in [9.17, 15) is 14.4 Å². The molecule has 2 aromatic carbocycles. The Bertz CT molecular complexity index is 949. The van der Waals surface area contributed by atoms with Gasteiger partial charge in [-0.05, 0) is 49.4 Å². The number of esters is 1. The second kappa shape index (κ2) is 9.82. The third-order valence-electron chi connectivity index (χ3n) is 4.45. The van der Waals surface area contributed by atoms with Gasteiger partial charge in [-0.25, -0.2) is 0 Å². The molecule has 1 heterocycles. The SMILES string of the molecule is CCOc1ccc(NC(=O)COC(=O)[C@H]2CC(=O)N(c3cc(Cl)ccc3Cl)C2)cc1. The van der Waals surface area contributed by atoms with Crippen molar-refractivity contribution in [1.82, 2.24) is 0 Å².